The summed E-state index contributed by atoms with van der Waals surface area (Å²) in [6.45, 7) is 6.29. The third-order valence-corrected chi connectivity index (χ3v) is 11.4. The molecule has 35 heavy (non-hydrogen) atoms. The molecule has 1 aliphatic heterocycles. The number of aliphatic hydroxyl groups is 2. The number of aliphatic hydroxyl groups excluding tert-OH is 2. The maximum Gasteiger partial charge on any atom is 0.351 e. The lowest BCUT2D eigenvalue weighted by molar-refractivity contribution is -0.0530. The number of halogens is 1. The second-order valence-electron chi connectivity index (χ2n) is 9.68. The highest BCUT2D eigenvalue weighted by Crippen LogP contribution is 2.38. The molecular formula is C25H30FN3O5Si. The molecule has 0 amide bonds. The van der Waals surface area contributed by atoms with Crippen LogP contribution in [0.15, 0.2) is 71.7 Å². The summed E-state index contributed by atoms with van der Waals surface area (Å²) < 4.78 is 27.4. The molecule has 2 aromatic carbocycles. The highest BCUT2D eigenvalue weighted by Gasteiger charge is 2.52. The van der Waals surface area contributed by atoms with Crippen molar-refractivity contribution in [2.24, 2.45) is 0 Å². The number of nitrogen functional groups attached to an aromatic ring is 1. The highest BCUT2D eigenvalue weighted by atomic mass is 28.4. The monoisotopic (exact) mass is 499 g/mol. The van der Waals surface area contributed by atoms with Crippen LogP contribution < -0.4 is 21.8 Å². The minimum Gasteiger partial charge on any atom is -0.405 e. The van der Waals surface area contributed by atoms with E-state index >= 15 is 0 Å². The van der Waals surface area contributed by atoms with Crippen LogP contribution in [0.3, 0.4) is 0 Å². The molecule has 10 heteroatoms. The molecular weight excluding hydrogens is 469 g/mol. The van der Waals surface area contributed by atoms with Gasteiger partial charge in [0.15, 0.2) is 17.9 Å². The van der Waals surface area contributed by atoms with Crippen LogP contribution in [0.5, 0.6) is 0 Å². The number of nitrogens with zero attached hydrogens (tertiary/aromatic N) is 2. The normalized spacial score (nSPS) is 22.9. The van der Waals surface area contributed by atoms with Gasteiger partial charge >= 0.3 is 5.69 Å². The van der Waals surface area contributed by atoms with E-state index in [0.717, 1.165) is 21.1 Å². The Kier molecular flexibility index (Phi) is 6.94. The summed E-state index contributed by atoms with van der Waals surface area (Å²) in [6, 6.07) is 19.9. The van der Waals surface area contributed by atoms with Crippen molar-refractivity contribution in [3.8, 4) is 0 Å². The van der Waals surface area contributed by atoms with Gasteiger partial charge in [0.05, 0.1) is 12.8 Å². The van der Waals surface area contributed by atoms with Crippen molar-refractivity contribution in [2.75, 3.05) is 12.3 Å². The first-order valence-corrected chi connectivity index (χ1v) is 13.3. The minimum atomic E-state index is -2.93. The lowest BCUT2D eigenvalue weighted by atomic mass is 10.1. The maximum atomic E-state index is 14.0. The molecule has 1 fully saturated rings. The average Bonchev–Trinajstić information content (AvgIpc) is 3.11. The Hall–Kier alpha value is -2.89. The molecule has 0 spiro atoms. The molecule has 2 heterocycles. The van der Waals surface area contributed by atoms with Crippen molar-refractivity contribution < 1.29 is 23.8 Å². The molecule has 4 atom stereocenters. The van der Waals surface area contributed by atoms with E-state index < -0.39 is 50.2 Å². The lowest BCUT2D eigenvalue weighted by Gasteiger charge is -2.43. The molecule has 4 N–H and O–H groups in total. The van der Waals surface area contributed by atoms with Crippen LogP contribution >= 0.6 is 0 Å². The van der Waals surface area contributed by atoms with Gasteiger partial charge in [-0.05, 0) is 15.4 Å². The largest absolute Gasteiger partial charge is 0.405 e. The van der Waals surface area contributed by atoms with E-state index in [4.69, 9.17) is 14.9 Å². The predicted molar refractivity (Wildman–Crippen MR) is 132 cm³/mol. The van der Waals surface area contributed by atoms with Crippen molar-refractivity contribution >= 4 is 24.5 Å². The standard InChI is InChI=1S/C25H30FN3O5Si/c1-25(2,3)35(16-10-6-4-7-11-16,17-12-8-5-9-13-17)33-15-19-20(30)21(31)23(34-19)29-14-18(26)22(27)28-24(29)32/h4-14,19-21,23,30-31H,15H2,1-3H3,(H2,27,28,32)/t19-,20+,21+,23+/m0/s1. The van der Waals surface area contributed by atoms with Crippen LogP contribution in [0, 0.1) is 5.82 Å². The molecule has 0 aliphatic carbocycles. The first-order chi connectivity index (χ1) is 16.6. The summed E-state index contributed by atoms with van der Waals surface area (Å²) in [5, 5.41) is 23.2. The van der Waals surface area contributed by atoms with Crippen molar-refractivity contribution in [2.45, 2.75) is 50.3 Å². The Balaban J connectivity index is 1.68. The zero-order valence-corrected chi connectivity index (χ0v) is 20.8. The Morgan fingerprint density at radius 3 is 2.11 bits per heavy atom. The Morgan fingerprint density at radius 2 is 1.60 bits per heavy atom. The highest BCUT2D eigenvalue weighted by molar-refractivity contribution is 6.99. The maximum absolute atomic E-state index is 14.0. The third-order valence-electron chi connectivity index (χ3n) is 6.43. The van der Waals surface area contributed by atoms with Gasteiger partial charge in [-0.15, -0.1) is 0 Å². The van der Waals surface area contributed by atoms with Gasteiger partial charge in [0.1, 0.15) is 18.3 Å². The van der Waals surface area contributed by atoms with Crippen LogP contribution in [0.4, 0.5) is 10.2 Å². The molecule has 1 aliphatic rings. The van der Waals surface area contributed by atoms with Crippen molar-refractivity contribution in [1.82, 2.24) is 9.55 Å². The Labute approximate surface area is 203 Å². The third kappa shape index (κ3) is 4.55. The summed E-state index contributed by atoms with van der Waals surface area (Å²) >= 11 is 0. The van der Waals surface area contributed by atoms with E-state index in [0.29, 0.717) is 0 Å². The fraction of sp³-hybridized carbons (Fsp3) is 0.360. The number of ether oxygens (including phenoxy) is 1. The van der Waals surface area contributed by atoms with Crippen molar-refractivity contribution in [3.05, 3.63) is 83.2 Å². The van der Waals surface area contributed by atoms with E-state index in [-0.39, 0.29) is 11.6 Å². The van der Waals surface area contributed by atoms with Gasteiger partial charge in [0, 0.05) is 0 Å². The van der Waals surface area contributed by atoms with Crippen LogP contribution in [-0.2, 0) is 9.16 Å². The van der Waals surface area contributed by atoms with E-state index in [1.807, 2.05) is 60.7 Å². The molecule has 8 nitrogen and oxygen atoms in total. The van der Waals surface area contributed by atoms with Gasteiger partial charge in [0.2, 0.25) is 0 Å². The second kappa shape index (κ2) is 9.63. The van der Waals surface area contributed by atoms with Gasteiger partial charge in [-0.1, -0.05) is 81.4 Å². The lowest BCUT2D eigenvalue weighted by Crippen LogP contribution is -2.67. The quantitative estimate of drug-likeness (QED) is 0.436. The van der Waals surface area contributed by atoms with Gasteiger partial charge in [0.25, 0.3) is 8.32 Å². The summed E-state index contributed by atoms with van der Waals surface area (Å²) in [6.07, 6.45) is -4.36. The van der Waals surface area contributed by atoms with Crippen LogP contribution in [0.2, 0.25) is 5.04 Å². The van der Waals surface area contributed by atoms with E-state index in [9.17, 15) is 19.4 Å². The van der Waals surface area contributed by atoms with E-state index in [1.165, 1.54) is 0 Å². The molecule has 0 bridgehead atoms. The Morgan fingerprint density at radius 1 is 1.06 bits per heavy atom. The van der Waals surface area contributed by atoms with Gasteiger partial charge in [-0.2, -0.15) is 4.98 Å². The number of hydrogen-bond acceptors (Lipinski definition) is 7. The number of hydrogen-bond donors (Lipinski definition) is 3. The number of benzene rings is 2. The van der Waals surface area contributed by atoms with E-state index in [1.54, 1.807) is 0 Å². The minimum absolute atomic E-state index is 0.0539. The first kappa shape index (κ1) is 25.2. The fourth-order valence-corrected chi connectivity index (χ4v) is 9.28. The van der Waals surface area contributed by atoms with Gasteiger partial charge in [-0.25, -0.2) is 9.18 Å². The fourth-order valence-electron chi connectivity index (χ4n) is 4.71. The summed E-state index contributed by atoms with van der Waals surface area (Å²) in [5.41, 5.74) is 4.46. The Bertz CT molecular complexity index is 1180. The van der Waals surface area contributed by atoms with Crippen LogP contribution in [-0.4, -0.2) is 53.0 Å². The molecule has 1 aromatic heterocycles. The number of rotatable bonds is 6. The van der Waals surface area contributed by atoms with E-state index in [2.05, 4.69) is 25.8 Å². The summed E-state index contributed by atoms with van der Waals surface area (Å²) in [4.78, 5) is 15.7. The zero-order valence-electron chi connectivity index (χ0n) is 19.8. The molecule has 3 aromatic rings. The summed E-state index contributed by atoms with van der Waals surface area (Å²) in [7, 11) is -2.93. The number of nitrogens with two attached hydrogens (primary N) is 1. The molecule has 0 saturated carbocycles. The predicted octanol–water partition coefficient (Wildman–Crippen LogP) is 1.16. The molecule has 1 saturated heterocycles. The zero-order chi connectivity index (χ0) is 25.4. The molecule has 4 rings (SSSR count). The van der Waals surface area contributed by atoms with Gasteiger partial charge in [-0.3, -0.25) is 4.57 Å². The molecule has 186 valence electrons. The number of aromatic nitrogens is 2. The molecule has 0 radical (unpaired) electrons. The van der Waals surface area contributed by atoms with Gasteiger partial charge < -0.3 is 25.1 Å². The second-order valence-corrected chi connectivity index (χ2v) is 14.0. The first-order valence-electron chi connectivity index (χ1n) is 11.4. The number of anilines is 1. The summed E-state index contributed by atoms with van der Waals surface area (Å²) in [5.74, 6) is -1.48. The van der Waals surface area contributed by atoms with Crippen LogP contribution in [0.25, 0.3) is 0 Å². The van der Waals surface area contributed by atoms with Crippen molar-refractivity contribution in [1.29, 1.82) is 0 Å². The SMILES string of the molecule is CC(C)(C)[Si](OC[C@@H]1O[C@@H](n2cc(F)c(N)nc2=O)[C@H](O)[C@@H]1O)(c1ccccc1)c1ccccc1. The van der Waals surface area contributed by atoms with Crippen molar-refractivity contribution in [3.63, 3.8) is 0 Å². The average molecular weight is 500 g/mol. The smallest absolute Gasteiger partial charge is 0.351 e. The molecule has 0 unspecified atom stereocenters. The van der Waals surface area contributed by atoms with Crippen LogP contribution in [0.1, 0.15) is 27.0 Å². The topological polar surface area (TPSA) is 120 Å².